The molecule has 2 rings (SSSR count). The third kappa shape index (κ3) is 3.14. The Morgan fingerprint density at radius 3 is 2.45 bits per heavy atom. The van der Waals surface area contributed by atoms with Crippen LogP contribution >= 0.6 is 0 Å². The van der Waals surface area contributed by atoms with Crippen molar-refractivity contribution >= 4 is 0 Å². The van der Waals surface area contributed by atoms with Crippen molar-refractivity contribution < 1.29 is 13.5 Å². The van der Waals surface area contributed by atoms with Gasteiger partial charge >= 0.3 is 0 Å². The summed E-state index contributed by atoms with van der Waals surface area (Å²) in [6, 6.07) is 11.3. The summed E-state index contributed by atoms with van der Waals surface area (Å²) >= 11 is 0. The molecule has 0 heterocycles. The maximum absolute atomic E-state index is 13.8. The van der Waals surface area contributed by atoms with Crippen LogP contribution in [0.1, 0.15) is 17.0 Å². The van der Waals surface area contributed by atoms with Gasteiger partial charge in [0.25, 0.3) is 0 Å². The Labute approximate surface area is 117 Å². The van der Waals surface area contributed by atoms with Gasteiger partial charge in [-0.05, 0) is 42.3 Å². The van der Waals surface area contributed by atoms with Crippen molar-refractivity contribution in [3.05, 3.63) is 65.2 Å². The average molecular weight is 277 g/mol. The minimum Gasteiger partial charge on any atom is -0.494 e. The van der Waals surface area contributed by atoms with E-state index in [1.54, 1.807) is 30.3 Å². The number of hydrogen-bond donors (Lipinski definition) is 1. The Kier molecular flexibility index (Phi) is 4.69. The Balaban J connectivity index is 2.23. The highest BCUT2D eigenvalue weighted by Crippen LogP contribution is 2.25. The molecule has 2 aromatic carbocycles. The fraction of sp³-hybridized carbons (Fsp3) is 0.250. The smallest absolute Gasteiger partial charge is 0.165 e. The Morgan fingerprint density at radius 1 is 1.10 bits per heavy atom. The first-order valence-corrected chi connectivity index (χ1v) is 6.42. The van der Waals surface area contributed by atoms with Gasteiger partial charge in [-0.2, -0.15) is 0 Å². The fourth-order valence-electron chi connectivity index (χ4n) is 2.25. The molecule has 2 N–H and O–H groups in total. The number of nitrogens with two attached hydrogens (primary N) is 1. The molecule has 0 bridgehead atoms. The van der Waals surface area contributed by atoms with Gasteiger partial charge in [-0.1, -0.05) is 24.3 Å². The van der Waals surface area contributed by atoms with E-state index >= 15 is 0 Å². The first kappa shape index (κ1) is 14.5. The molecular weight excluding hydrogens is 260 g/mol. The molecule has 0 saturated heterocycles. The number of benzene rings is 2. The third-order valence-electron chi connectivity index (χ3n) is 3.33. The lowest BCUT2D eigenvalue weighted by atomic mass is 9.91. The maximum Gasteiger partial charge on any atom is 0.165 e. The van der Waals surface area contributed by atoms with Gasteiger partial charge < -0.3 is 10.5 Å². The van der Waals surface area contributed by atoms with Crippen LogP contribution in [0.5, 0.6) is 5.75 Å². The first-order valence-electron chi connectivity index (χ1n) is 6.42. The molecule has 0 aliphatic carbocycles. The van der Waals surface area contributed by atoms with Gasteiger partial charge in [0, 0.05) is 5.92 Å². The zero-order valence-electron chi connectivity index (χ0n) is 11.3. The van der Waals surface area contributed by atoms with Crippen LogP contribution < -0.4 is 10.5 Å². The monoisotopic (exact) mass is 277 g/mol. The summed E-state index contributed by atoms with van der Waals surface area (Å²) in [5, 5.41) is 0. The van der Waals surface area contributed by atoms with E-state index in [2.05, 4.69) is 0 Å². The predicted octanol–water partition coefficient (Wildman–Crippen LogP) is 3.26. The summed E-state index contributed by atoms with van der Waals surface area (Å²) in [5.41, 5.74) is 7.06. The molecule has 4 heteroatoms. The van der Waals surface area contributed by atoms with E-state index in [1.165, 1.54) is 19.2 Å². The first-order chi connectivity index (χ1) is 9.65. The maximum atomic E-state index is 13.8. The molecular formula is C16H17F2NO. The molecule has 1 unspecified atom stereocenters. The minimum absolute atomic E-state index is 0.177. The largest absolute Gasteiger partial charge is 0.494 e. The van der Waals surface area contributed by atoms with Crippen molar-refractivity contribution in [1.29, 1.82) is 0 Å². The molecule has 0 aliphatic rings. The average Bonchev–Trinajstić information content (AvgIpc) is 2.46. The fourth-order valence-corrected chi connectivity index (χ4v) is 2.25. The molecule has 0 amide bonds. The normalized spacial score (nSPS) is 12.2. The van der Waals surface area contributed by atoms with E-state index in [9.17, 15) is 8.78 Å². The van der Waals surface area contributed by atoms with Gasteiger partial charge in [0.05, 0.1) is 7.11 Å². The van der Waals surface area contributed by atoms with Crippen molar-refractivity contribution in [1.82, 2.24) is 0 Å². The van der Waals surface area contributed by atoms with Crippen molar-refractivity contribution in [2.45, 2.75) is 12.3 Å². The Morgan fingerprint density at radius 2 is 1.85 bits per heavy atom. The van der Waals surface area contributed by atoms with E-state index in [-0.39, 0.29) is 17.5 Å². The molecule has 0 aliphatic heterocycles. The topological polar surface area (TPSA) is 35.2 Å². The van der Waals surface area contributed by atoms with Crippen molar-refractivity contribution in [3.63, 3.8) is 0 Å². The summed E-state index contributed by atoms with van der Waals surface area (Å²) < 4.78 is 32.3. The molecule has 1 atom stereocenters. The highest BCUT2D eigenvalue weighted by atomic mass is 19.1. The molecule has 0 saturated carbocycles. The summed E-state index contributed by atoms with van der Waals surface area (Å²) in [6.45, 7) is 0.300. The molecule has 0 fully saturated rings. The van der Waals surface area contributed by atoms with Crippen LogP contribution in [0.25, 0.3) is 0 Å². The van der Waals surface area contributed by atoms with E-state index in [0.29, 0.717) is 18.5 Å². The van der Waals surface area contributed by atoms with Crippen LogP contribution in [0.4, 0.5) is 8.78 Å². The number of rotatable bonds is 5. The molecule has 0 aromatic heterocycles. The van der Waals surface area contributed by atoms with Gasteiger partial charge in [0.1, 0.15) is 5.82 Å². The van der Waals surface area contributed by atoms with Crippen LogP contribution in [0.2, 0.25) is 0 Å². The Hall–Kier alpha value is -1.94. The van der Waals surface area contributed by atoms with Crippen LogP contribution in [0.15, 0.2) is 42.5 Å². The van der Waals surface area contributed by atoms with Crippen LogP contribution in [0.3, 0.4) is 0 Å². The summed E-state index contributed by atoms with van der Waals surface area (Å²) in [6.07, 6.45) is 0.484. The Bertz CT molecular complexity index is 586. The molecule has 106 valence electrons. The third-order valence-corrected chi connectivity index (χ3v) is 3.33. The second-order valence-corrected chi connectivity index (χ2v) is 4.63. The van der Waals surface area contributed by atoms with E-state index in [1.807, 2.05) is 0 Å². The van der Waals surface area contributed by atoms with Crippen LogP contribution in [-0.2, 0) is 6.42 Å². The zero-order valence-corrected chi connectivity index (χ0v) is 11.3. The van der Waals surface area contributed by atoms with E-state index in [0.717, 1.165) is 5.56 Å². The van der Waals surface area contributed by atoms with Crippen LogP contribution in [-0.4, -0.2) is 13.7 Å². The highest BCUT2D eigenvalue weighted by Gasteiger charge is 2.15. The summed E-state index contributed by atoms with van der Waals surface area (Å²) in [7, 11) is 1.42. The SMILES string of the molecule is COc1ccc(CC(CN)c2ccccc2F)cc1F. The van der Waals surface area contributed by atoms with Gasteiger partial charge in [0.15, 0.2) is 11.6 Å². The van der Waals surface area contributed by atoms with Gasteiger partial charge in [0.2, 0.25) is 0 Å². The molecule has 0 spiro atoms. The van der Waals surface area contributed by atoms with E-state index < -0.39 is 5.82 Å². The van der Waals surface area contributed by atoms with Crippen molar-refractivity contribution in [3.8, 4) is 5.75 Å². The molecule has 20 heavy (non-hydrogen) atoms. The number of hydrogen-bond acceptors (Lipinski definition) is 2. The zero-order chi connectivity index (χ0) is 14.5. The number of ether oxygens (including phenoxy) is 1. The van der Waals surface area contributed by atoms with Gasteiger partial charge in [-0.3, -0.25) is 0 Å². The second kappa shape index (κ2) is 6.48. The number of halogens is 2. The quantitative estimate of drug-likeness (QED) is 0.910. The van der Waals surface area contributed by atoms with Gasteiger partial charge in [-0.25, -0.2) is 8.78 Å². The van der Waals surface area contributed by atoms with Gasteiger partial charge in [-0.15, -0.1) is 0 Å². The van der Waals surface area contributed by atoms with E-state index in [4.69, 9.17) is 10.5 Å². The second-order valence-electron chi connectivity index (χ2n) is 4.63. The van der Waals surface area contributed by atoms with Crippen LogP contribution in [0, 0.1) is 11.6 Å². The predicted molar refractivity (Wildman–Crippen MR) is 74.9 cm³/mol. The van der Waals surface area contributed by atoms with Crippen molar-refractivity contribution in [2.24, 2.45) is 5.73 Å². The summed E-state index contributed by atoms with van der Waals surface area (Å²) in [4.78, 5) is 0. The lowest BCUT2D eigenvalue weighted by molar-refractivity contribution is 0.386. The number of methoxy groups -OCH3 is 1. The molecule has 0 radical (unpaired) electrons. The minimum atomic E-state index is -0.422. The molecule has 2 nitrogen and oxygen atoms in total. The lowest BCUT2D eigenvalue weighted by Crippen LogP contribution is -2.16. The summed E-state index contributed by atoms with van der Waals surface area (Å²) in [5.74, 6) is -0.681. The standard InChI is InChI=1S/C16H17F2NO/c1-20-16-7-6-11(9-15(16)18)8-12(10-19)13-4-2-3-5-14(13)17/h2-7,9,12H,8,10,19H2,1H3. The highest BCUT2D eigenvalue weighted by molar-refractivity contribution is 5.31. The lowest BCUT2D eigenvalue weighted by Gasteiger charge is -2.16. The van der Waals surface area contributed by atoms with Crippen molar-refractivity contribution in [2.75, 3.05) is 13.7 Å². The molecule has 2 aromatic rings.